The molecule has 5 nitrogen and oxygen atoms in total. The minimum absolute atomic E-state index is 0.114. The summed E-state index contributed by atoms with van der Waals surface area (Å²) < 4.78 is 11.7. The summed E-state index contributed by atoms with van der Waals surface area (Å²) in [5, 5.41) is 0.945. The zero-order valence-electron chi connectivity index (χ0n) is 12.3. The number of rotatable bonds is 4. The number of fused-ring (bicyclic) bond motifs is 1. The topological polar surface area (TPSA) is 60.6 Å². The predicted molar refractivity (Wildman–Crippen MR) is 83.5 cm³/mol. The molecule has 1 fully saturated rings. The van der Waals surface area contributed by atoms with Gasteiger partial charge in [-0.15, -0.1) is 0 Å². The second kappa shape index (κ2) is 6.28. The normalized spacial score (nSPS) is 19.8. The molecule has 21 heavy (non-hydrogen) atoms. The fourth-order valence-corrected chi connectivity index (χ4v) is 2.65. The SMILES string of the molecule is CCN1CCOC(COc2ccc(N)c3ncccc23)C1. The number of hydrogen-bond donors (Lipinski definition) is 1. The average Bonchev–Trinajstić information content (AvgIpc) is 2.55. The number of pyridine rings is 1. The quantitative estimate of drug-likeness (QED) is 0.871. The molecule has 0 saturated carbocycles. The van der Waals surface area contributed by atoms with E-state index >= 15 is 0 Å². The second-order valence-electron chi connectivity index (χ2n) is 5.25. The molecule has 1 aliphatic rings. The number of benzene rings is 1. The van der Waals surface area contributed by atoms with Crippen molar-refractivity contribution in [3.8, 4) is 5.75 Å². The fourth-order valence-electron chi connectivity index (χ4n) is 2.65. The number of likely N-dealkylation sites (N-methyl/N-ethyl adjacent to an activating group) is 1. The second-order valence-corrected chi connectivity index (χ2v) is 5.25. The van der Waals surface area contributed by atoms with Gasteiger partial charge in [-0.25, -0.2) is 0 Å². The molecule has 1 aromatic carbocycles. The summed E-state index contributed by atoms with van der Waals surface area (Å²) in [5.41, 5.74) is 7.41. The van der Waals surface area contributed by atoms with Crippen molar-refractivity contribution in [1.29, 1.82) is 0 Å². The van der Waals surface area contributed by atoms with E-state index in [1.165, 1.54) is 0 Å². The van der Waals surface area contributed by atoms with Crippen LogP contribution in [-0.2, 0) is 4.74 Å². The summed E-state index contributed by atoms with van der Waals surface area (Å²) in [7, 11) is 0. The zero-order valence-corrected chi connectivity index (χ0v) is 12.3. The molecule has 0 amide bonds. The first-order chi connectivity index (χ1) is 10.3. The van der Waals surface area contributed by atoms with Gasteiger partial charge in [-0.3, -0.25) is 9.88 Å². The van der Waals surface area contributed by atoms with E-state index in [4.69, 9.17) is 15.2 Å². The lowest BCUT2D eigenvalue weighted by atomic mass is 10.1. The summed E-state index contributed by atoms with van der Waals surface area (Å²) in [5.74, 6) is 0.810. The van der Waals surface area contributed by atoms with E-state index < -0.39 is 0 Å². The monoisotopic (exact) mass is 287 g/mol. The van der Waals surface area contributed by atoms with Crippen molar-refractivity contribution in [2.45, 2.75) is 13.0 Å². The Labute approximate surface area is 124 Å². The molecule has 1 aliphatic heterocycles. The molecule has 2 N–H and O–H groups in total. The number of hydrogen-bond acceptors (Lipinski definition) is 5. The van der Waals surface area contributed by atoms with Gasteiger partial charge in [0.1, 0.15) is 18.5 Å². The van der Waals surface area contributed by atoms with E-state index in [1.54, 1.807) is 6.20 Å². The number of ether oxygens (including phenoxy) is 2. The molecule has 5 heteroatoms. The lowest BCUT2D eigenvalue weighted by Crippen LogP contribution is -2.44. The van der Waals surface area contributed by atoms with Crippen molar-refractivity contribution in [2.24, 2.45) is 0 Å². The smallest absolute Gasteiger partial charge is 0.128 e. The summed E-state index contributed by atoms with van der Waals surface area (Å²) in [6.45, 7) is 6.46. The van der Waals surface area contributed by atoms with E-state index in [-0.39, 0.29) is 6.10 Å². The Bertz CT molecular complexity index is 617. The van der Waals surface area contributed by atoms with Crippen LogP contribution in [0.2, 0.25) is 0 Å². The third-order valence-corrected chi connectivity index (χ3v) is 3.86. The molecule has 112 valence electrons. The van der Waals surface area contributed by atoms with Gasteiger partial charge < -0.3 is 15.2 Å². The molecule has 0 bridgehead atoms. The predicted octanol–water partition coefficient (Wildman–Crippen LogP) is 1.92. The van der Waals surface area contributed by atoms with E-state index in [2.05, 4.69) is 16.8 Å². The maximum absolute atomic E-state index is 5.96. The Morgan fingerprint density at radius 1 is 1.43 bits per heavy atom. The highest BCUT2D eigenvalue weighted by Crippen LogP contribution is 2.28. The van der Waals surface area contributed by atoms with Crippen LogP contribution >= 0.6 is 0 Å². The zero-order chi connectivity index (χ0) is 14.7. The Kier molecular flexibility index (Phi) is 4.22. The van der Waals surface area contributed by atoms with Gasteiger partial charge in [0, 0.05) is 24.7 Å². The highest BCUT2D eigenvalue weighted by Gasteiger charge is 2.20. The van der Waals surface area contributed by atoms with Crippen LogP contribution in [-0.4, -0.2) is 48.8 Å². The minimum Gasteiger partial charge on any atom is -0.490 e. The molecule has 1 atom stereocenters. The average molecular weight is 287 g/mol. The first kappa shape index (κ1) is 14.1. The third-order valence-electron chi connectivity index (χ3n) is 3.86. The number of nitrogen functional groups attached to an aromatic ring is 1. The highest BCUT2D eigenvalue weighted by atomic mass is 16.5. The van der Waals surface area contributed by atoms with Gasteiger partial charge in [0.15, 0.2) is 0 Å². The van der Waals surface area contributed by atoms with Crippen molar-refractivity contribution < 1.29 is 9.47 Å². The third kappa shape index (κ3) is 3.09. The number of anilines is 1. The molecule has 0 aliphatic carbocycles. The highest BCUT2D eigenvalue weighted by molar-refractivity contribution is 5.93. The molecule has 3 rings (SSSR count). The first-order valence-electron chi connectivity index (χ1n) is 7.38. The van der Waals surface area contributed by atoms with Crippen LogP contribution in [0, 0.1) is 0 Å². The van der Waals surface area contributed by atoms with Crippen molar-refractivity contribution in [2.75, 3.05) is 38.6 Å². The number of nitrogens with two attached hydrogens (primary N) is 1. The summed E-state index contributed by atoms with van der Waals surface area (Å²) >= 11 is 0. The van der Waals surface area contributed by atoms with E-state index in [1.807, 2.05) is 24.3 Å². The molecule has 2 aromatic rings. The van der Waals surface area contributed by atoms with Crippen molar-refractivity contribution in [1.82, 2.24) is 9.88 Å². The van der Waals surface area contributed by atoms with Crippen LogP contribution in [0.1, 0.15) is 6.92 Å². The molecule has 1 unspecified atom stereocenters. The van der Waals surface area contributed by atoms with Crippen LogP contribution in [0.5, 0.6) is 5.75 Å². The largest absolute Gasteiger partial charge is 0.490 e. The minimum atomic E-state index is 0.114. The molecular formula is C16H21N3O2. The van der Waals surface area contributed by atoms with E-state index in [0.717, 1.165) is 42.9 Å². The lowest BCUT2D eigenvalue weighted by molar-refractivity contribution is -0.0461. The van der Waals surface area contributed by atoms with Gasteiger partial charge in [0.05, 0.1) is 17.8 Å². The summed E-state index contributed by atoms with van der Waals surface area (Å²) in [4.78, 5) is 6.69. The Hall–Kier alpha value is -1.85. The number of morpholine rings is 1. The van der Waals surface area contributed by atoms with Crippen LogP contribution in [0.15, 0.2) is 30.5 Å². The van der Waals surface area contributed by atoms with Crippen LogP contribution in [0.3, 0.4) is 0 Å². The molecule has 1 saturated heterocycles. The number of aromatic nitrogens is 1. The van der Waals surface area contributed by atoms with Gasteiger partial charge in [-0.1, -0.05) is 6.92 Å². The first-order valence-corrected chi connectivity index (χ1v) is 7.38. The van der Waals surface area contributed by atoms with Crippen LogP contribution in [0.25, 0.3) is 10.9 Å². The molecule has 0 spiro atoms. The summed E-state index contributed by atoms with van der Waals surface area (Å²) in [6.07, 6.45) is 1.86. The van der Waals surface area contributed by atoms with Gasteiger partial charge in [-0.2, -0.15) is 0 Å². The van der Waals surface area contributed by atoms with E-state index in [9.17, 15) is 0 Å². The summed E-state index contributed by atoms with van der Waals surface area (Å²) in [6, 6.07) is 7.61. The molecular weight excluding hydrogens is 266 g/mol. The maximum Gasteiger partial charge on any atom is 0.128 e. The molecule has 1 aromatic heterocycles. The Morgan fingerprint density at radius 2 is 2.33 bits per heavy atom. The van der Waals surface area contributed by atoms with Crippen molar-refractivity contribution >= 4 is 16.6 Å². The van der Waals surface area contributed by atoms with Gasteiger partial charge in [-0.05, 0) is 30.8 Å². The standard InChI is InChI=1S/C16H21N3O2/c1-2-19-8-9-20-12(10-19)11-21-15-6-5-14(17)16-13(15)4-3-7-18-16/h3-7,12H,2,8-11,17H2,1H3. The fraction of sp³-hybridized carbons (Fsp3) is 0.438. The van der Waals surface area contributed by atoms with Crippen LogP contribution in [0.4, 0.5) is 5.69 Å². The van der Waals surface area contributed by atoms with E-state index in [0.29, 0.717) is 12.3 Å². The van der Waals surface area contributed by atoms with Crippen LogP contribution < -0.4 is 10.5 Å². The lowest BCUT2D eigenvalue weighted by Gasteiger charge is -2.31. The van der Waals surface area contributed by atoms with Gasteiger partial charge >= 0.3 is 0 Å². The Balaban J connectivity index is 1.72. The Morgan fingerprint density at radius 3 is 3.19 bits per heavy atom. The van der Waals surface area contributed by atoms with Gasteiger partial charge in [0.2, 0.25) is 0 Å². The van der Waals surface area contributed by atoms with Crippen molar-refractivity contribution in [3.05, 3.63) is 30.5 Å². The number of nitrogens with zero attached hydrogens (tertiary/aromatic N) is 2. The van der Waals surface area contributed by atoms with Crippen molar-refractivity contribution in [3.63, 3.8) is 0 Å². The van der Waals surface area contributed by atoms with Gasteiger partial charge in [0.25, 0.3) is 0 Å². The maximum atomic E-state index is 5.96. The molecule has 0 radical (unpaired) electrons. The molecule has 2 heterocycles.